The average Bonchev–Trinajstić information content (AvgIpc) is 2.82. The maximum atomic E-state index is 11.6. The molecule has 0 aromatic heterocycles. The summed E-state index contributed by atoms with van der Waals surface area (Å²) >= 11 is 12.3. The van der Waals surface area contributed by atoms with Crippen LogP contribution >= 0.6 is 23.2 Å². The quantitative estimate of drug-likeness (QED) is 0.918. The normalized spacial score (nSPS) is 17.7. The van der Waals surface area contributed by atoms with E-state index in [4.69, 9.17) is 27.9 Å². The third-order valence-electron chi connectivity index (χ3n) is 3.61. The van der Waals surface area contributed by atoms with Crippen LogP contribution in [0.3, 0.4) is 0 Å². The van der Waals surface area contributed by atoms with Crippen LogP contribution in [-0.4, -0.2) is 18.2 Å². The first-order chi connectivity index (χ1) is 8.51. The number of halogens is 2. The van der Waals surface area contributed by atoms with Crippen LogP contribution in [0.5, 0.6) is 5.75 Å². The van der Waals surface area contributed by atoms with E-state index in [9.17, 15) is 9.90 Å². The fourth-order valence-electron chi connectivity index (χ4n) is 2.64. The van der Waals surface area contributed by atoms with Gasteiger partial charge in [0.05, 0.1) is 17.5 Å². The van der Waals surface area contributed by atoms with Crippen LogP contribution in [0.4, 0.5) is 0 Å². The summed E-state index contributed by atoms with van der Waals surface area (Å²) < 4.78 is 5.14. The number of carboxylic acid groups (broad SMARTS) is 1. The molecule has 18 heavy (non-hydrogen) atoms. The van der Waals surface area contributed by atoms with Crippen LogP contribution in [0.25, 0.3) is 0 Å². The van der Waals surface area contributed by atoms with Gasteiger partial charge in [0.15, 0.2) is 0 Å². The van der Waals surface area contributed by atoms with Crippen molar-refractivity contribution in [3.05, 3.63) is 27.7 Å². The second-order valence-corrected chi connectivity index (χ2v) is 5.38. The molecule has 0 aliphatic heterocycles. The molecule has 1 N–H and O–H groups in total. The van der Waals surface area contributed by atoms with Crippen molar-refractivity contribution in [3.63, 3.8) is 0 Å². The molecule has 2 rings (SSSR count). The van der Waals surface area contributed by atoms with Gasteiger partial charge in [0.2, 0.25) is 0 Å². The van der Waals surface area contributed by atoms with Crippen molar-refractivity contribution in [1.29, 1.82) is 0 Å². The van der Waals surface area contributed by atoms with Crippen LogP contribution in [0.2, 0.25) is 10.0 Å². The average molecular weight is 289 g/mol. The SMILES string of the molecule is COc1cc(Cl)cc(C2(C(=O)O)CCCC2)c1Cl. The summed E-state index contributed by atoms with van der Waals surface area (Å²) in [4.78, 5) is 11.6. The van der Waals surface area contributed by atoms with Crippen molar-refractivity contribution in [3.8, 4) is 5.75 Å². The molecule has 1 fully saturated rings. The van der Waals surface area contributed by atoms with Gasteiger partial charge in [0, 0.05) is 11.1 Å². The predicted octanol–water partition coefficient (Wildman–Crippen LogP) is 3.90. The lowest BCUT2D eigenvalue weighted by Gasteiger charge is -2.26. The lowest BCUT2D eigenvalue weighted by Crippen LogP contribution is -2.33. The Bertz CT molecular complexity index is 479. The van der Waals surface area contributed by atoms with E-state index in [1.165, 1.54) is 7.11 Å². The van der Waals surface area contributed by atoms with Gasteiger partial charge in [-0.25, -0.2) is 0 Å². The number of hydrogen-bond donors (Lipinski definition) is 1. The minimum atomic E-state index is -0.921. The van der Waals surface area contributed by atoms with Crippen LogP contribution < -0.4 is 4.74 Å². The molecule has 5 heteroatoms. The van der Waals surface area contributed by atoms with Crippen molar-refractivity contribution in [2.75, 3.05) is 7.11 Å². The molecule has 0 unspecified atom stereocenters. The summed E-state index contributed by atoms with van der Waals surface area (Å²) in [6.07, 6.45) is 2.95. The zero-order chi connectivity index (χ0) is 13.3. The minimum Gasteiger partial charge on any atom is -0.495 e. The van der Waals surface area contributed by atoms with Gasteiger partial charge >= 0.3 is 5.97 Å². The molecule has 1 aliphatic rings. The van der Waals surface area contributed by atoms with Gasteiger partial charge in [-0.05, 0) is 24.5 Å². The second-order valence-electron chi connectivity index (χ2n) is 4.56. The van der Waals surface area contributed by atoms with Crippen LogP contribution in [0.15, 0.2) is 12.1 Å². The number of ether oxygens (including phenoxy) is 1. The number of hydrogen-bond acceptors (Lipinski definition) is 2. The number of methoxy groups -OCH3 is 1. The molecular weight excluding hydrogens is 275 g/mol. The monoisotopic (exact) mass is 288 g/mol. The Balaban J connectivity index is 2.61. The van der Waals surface area contributed by atoms with Crippen molar-refractivity contribution in [2.45, 2.75) is 31.1 Å². The van der Waals surface area contributed by atoms with Crippen molar-refractivity contribution in [2.24, 2.45) is 0 Å². The number of carbonyl (C=O) groups is 1. The first kappa shape index (κ1) is 13.5. The summed E-state index contributed by atoms with van der Waals surface area (Å²) in [5.41, 5.74) is -0.353. The third-order valence-corrected chi connectivity index (χ3v) is 4.21. The maximum absolute atomic E-state index is 11.6. The third kappa shape index (κ3) is 2.06. The van der Waals surface area contributed by atoms with E-state index in [2.05, 4.69) is 0 Å². The lowest BCUT2D eigenvalue weighted by molar-refractivity contribution is -0.143. The molecule has 0 saturated heterocycles. The number of aliphatic carboxylic acids is 1. The van der Waals surface area contributed by atoms with Crippen molar-refractivity contribution >= 4 is 29.2 Å². The van der Waals surface area contributed by atoms with Gasteiger partial charge < -0.3 is 9.84 Å². The highest BCUT2D eigenvalue weighted by Crippen LogP contribution is 2.47. The standard InChI is InChI=1S/C13H14Cl2O3/c1-18-10-7-8(14)6-9(11(10)15)13(12(16)17)4-2-3-5-13/h6-7H,2-5H2,1H3,(H,16,17). The van der Waals surface area contributed by atoms with Gasteiger partial charge in [0.1, 0.15) is 5.75 Å². The van der Waals surface area contributed by atoms with E-state index in [-0.39, 0.29) is 0 Å². The molecule has 0 bridgehead atoms. The Morgan fingerprint density at radius 3 is 2.44 bits per heavy atom. The Morgan fingerprint density at radius 2 is 1.94 bits per heavy atom. The molecule has 1 aliphatic carbocycles. The van der Waals surface area contributed by atoms with Crippen LogP contribution in [0.1, 0.15) is 31.2 Å². The molecule has 0 atom stereocenters. The van der Waals surface area contributed by atoms with E-state index in [1.807, 2.05) is 0 Å². The van der Waals surface area contributed by atoms with E-state index in [0.717, 1.165) is 12.8 Å². The lowest BCUT2D eigenvalue weighted by atomic mass is 9.79. The molecule has 0 spiro atoms. The highest BCUT2D eigenvalue weighted by Gasteiger charge is 2.44. The van der Waals surface area contributed by atoms with Gasteiger partial charge in [-0.15, -0.1) is 0 Å². The number of rotatable bonds is 3. The Hall–Kier alpha value is -0.930. The van der Waals surface area contributed by atoms with Gasteiger partial charge in [0.25, 0.3) is 0 Å². The van der Waals surface area contributed by atoms with Gasteiger partial charge in [-0.1, -0.05) is 36.0 Å². The topological polar surface area (TPSA) is 46.5 Å². The second kappa shape index (κ2) is 4.98. The molecule has 0 radical (unpaired) electrons. The van der Waals surface area contributed by atoms with E-state index in [0.29, 0.717) is 34.2 Å². The summed E-state index contributed by atoms with van der Waals surface area (Å²) in [5.74, 6) is -0.419. The van der Waals surface area contributed by atoms with Crippen LogP contribution in [-0.2, 0) is 10.2 Å². The summed E-state index contributed by atoms with van der Waals surface area (Å²) in [6, 6.07) is 3.24. The van der Waals surface area contributed by atoms with E-state index in [1.54, 1.807) is 12.1 Å². The molecule has 1 aromatic carbocycles. The molecular formula is C13H14Cl2O3. The fraction of sp³-hybridized carbons (Fsp3) is 0.462. The highest BCUT2D eigenvalue weighted by molar-refractivity contribution is 6.35. The minimum absolute atomic E-state index is 0.353. The van der Waals surface area contributed by atoms with Gasteiger partial charge in [-0.2, -0.15) is 0 Å². The maximum Gasteiger partial charge on any atom is 0.314 e. The Morgan fingerprint density at radius 1 is 1.33 bits per heavy atom. The van der Waals surface area contributed by atoms with Crippen molar-refractivity contribution in [1.82, 2.24) is 0 Å². The fourth-order valence-corrected chi connectivity index (χ4v) is 3.21. The summed E-state index contributed by atoms with van der Waals surface area (Å²) in [5, 5.41) is 10.3. The van der Waals surface area contributed by atoms with E-state index < -0.39 is 11.4 Å². The summed E-state index contributed by atoms with van der Waals surface area (Å²) in [7, 11) is 1.49. The van der Waals surface area contributed by atoms with Crippen LogP contribution in [0, 0.1) is 0 Å². The molecule has 1 saturated carbocycles. The van der Waals surface area contributed by atoms with Gasteiger partial charge in [-0.3, -0.25) is 4.79 Å². The molecule has 0 amide bonds. The first-order valence-corrected chi connectivity index (χ1v) is 6.54. The Kier molecular flexibility index (Phi) is 3.74. The smallest absolute Gasteiger partial charge is 0.314 e. The molecule has 98 valence electrons. The Labute approximate surface area is 116 Å². The zero-order valence-corrected chi connectivity index (χ0v) is 11.5. The molecule has 0 heterocycles. The molecule has 3 nitrogen and oxygen atoms in total. The highest BCUT2D eigenvalue weighted by atomic mass is 35.5. The van der Waals surface area contributed by atoms with E-state index >= 15 is 0 Å². The number of benzene rings is 1. The van der Waals surface area contributed by atoms with Crippen molar-refractivity contribution < 1.29 is 14.6 Å². The predicted molar refractivity (Wildman–Crippen MR) is 70.8 cm³/mol. The first-order valence-electron chi connectivity index (χ1n) is 5.78. The zero-order valence-electron chi connectivity index (χ0n) is 10.0. The largest absolute Gasteiger partial charge is 0.495 e. The summed E-state index contributed by atoms with van der Waals surface area (Å²) in [6.45, 7) is 0. The molecule has 1 aromatic rings. The number of carboxylic acids is 1.